The fourth-order valence-electron chi connectivity index (χ4n) is 5.15. The predicted molar refractivity (Wildman–Crippen MR) is 147 cm³/mol. The first-order valence-corrected chi connectivity index (χ1v) is 13.4. The highest BCUT2D eigenvalue weighted by Gasteiger charge is 2.26. The van der Waals surface area contributed by atoms with E-state index in [1.54, 1.807) is 24.4 Å². The van der Waals surface area contributed by atoms with Gasteiger partial charge in [-0.1, -0.05) is 12.1 Å². The zero-order valence-corrected chi connectivity index (χ0v) is 21.9. The quantitative estimate of drug-likeness (QED) is 0.311. The number of imidazole rings is 1. The van der Waals surface area contributed by atoms with Gasteiger partial charge in [-0.15, -0.1) is 0 Å². The van der Waals surface area contributed by atoms with E-state index in [0.717, 1.165) is 68.2 Å². The molecule has 11 heteroatoms. The summed E-state index contributed by atoms with van der Waals surface area (Å²) >= 11 is 0. The third-order valence-corrected chi connectivity index (χ3v) is 7.49. The Hall–Kier alpha value is -4.56. The molecule has 0 unspecified atom stereocenters. The molecule has 0 aliphatic carbocycles. The van der Waals surface area contributed by atoms with Crippen molar-refractivity contribution in [3.8, 4) is 5.88 Å². The molecule has 6 heterocycles. The fourth-order valence-corrected chi connectivity index (χ4v) is 5.15. The molecule has 204 valence electrons. The number of fused-ring (bicyclic) bond motifs is 1. The summed E-state index contributed by atoms with van der Waals surface area (Å²) < 4.78 is 13.6. The van der Waals surface area contributed by atoms with Gasteiger partial charge >= 0.3 is 5.97 Å². The molecule has 6 rings (SSSR count). The maximum absolute atomic E-state index is 11.5. The summed E-state index contributed by atoms with van der Waals surface area (Å²) in [7, 11) is 0. The Morgan fingerprint density at radius 2 is 1.95 bits per heavy atom. The van der Waals surface area contributed by atoms with Gasteiger partial charge in [-0.25, -0.2) is 19.6 Å². The van der Waals surface area contributed by atoms with Crippen molar-refractivity contribution in [2.75, 3.05) is 24.6 Å². The van der Waals surface area contributed by atoms with Gasteiger partial charge in [-0.2, -0.15) is 4.98 Å². The molecular formula is C29H29N7O4. The van der Waals surface area contributed by atoms with E-state index in [4.69, 9.17) is 26.0 Å². The third kappa shape index (κ3) is 5.58. The van der Waals surface area contributed by atoms with Gasteiger partial charge in [0.1, 0.15) is 23.8 Å². The van der Waals surface area contributed by atoms with Crippen molar-refractivity contribution < 1.29 is 19.4 Å². The number of aromatic nitrogens is 5. The van der Waals surface area contributed by atoms with Crippen molar-refractivity contribution in [3.05, 3.63) is 77.3 Å². The van der Waals surface area contributed by atoms with Crippen molar-refractivity contribution in [1.82, 2.24) is 24.5 Å². The number of piperidine rings is 1. The van der Waals surface area contributed by atoms with Crippen LogP contribution >= 0.6 is 0 Å². The Labute approximate surface area is 231 Å². The van der Waals surface area contributed by atoms with Crippen molar-refractivity contribution in [2.24, 2.45) is 5.92 Å². The monoisotopic (exact) mass is 539 g/mol. The normalized spacial score (nSPS) is 17.4. The summed E-state index contributed by atoms with van der Waals surface area (Å²) in [6, 6.07) is 12.6. The second kappa shape index (κ2) is 11.3. The maximum atomic E-state index is 11.5. The molecule has 2 aliphatic rings. The SMILES string of the molecule is [C-]#[N+]c1ccc(COc2cccc(N3CCC(Cc4nc5ccc(C(=O)O)nc5n4C[C@@H]4CCO4)CC3)n2)nc1. The van der Waals surface area contributed by atoms with E-state index in [1.165, 1.54) is 6.07 Å². The van der Waals surface area contributed by atoms with E-state index >= 15 is 0 Å². The van der Waals surface area contributed by atoms with E-state index < -0.39 is 5.97 Å². The van der Waals surface area contributed by atoms with Gasteiger partial charge in [0, 0.05) is 38.4 Å². The molecule has 2 saturated heterocycles. The molecule has 11 nitrogen and oxygen atoms in total. The van der Waals surface area contributed by atoms with Gasteiger partial charge in [0.15, 0.2) is 11.3 Å². The minimum atomic E-state index is -1.04. The maximum Gasteiger partial charge on any atom is 0.354 e. The first-order valence-electron chi connectivity index (χ1n) is 13.4. The second-order valence-corrected chi connectivity index (χ2v) is 10.1. The minimum Gasteiger partial charge on any atom is -0.477 e. The summed E-state index contributed by atoms with van der Waals surface area (Å²) in [5.74, 6) is 1.75. The van der Waals surface area contributed by atoms with Crippen LogP contribution in [-0.4, -0.2) is 61.4 Å². The Kier molecular flexibility index (Phi) is 7.25. The first kappa shape index (κ1) is 25.7. The smallest absolute Gasteiger partial charge is 0.354 e. The zero-order valence-electron chi connectivity index (χ0n) is 21.9. The number of carboxylic acid groups (broad SMARTS) is 1. The Bertz CT molecular complexity index is 1550. The van der Waals surface area contributed by atoms with Gasteiger partial charge in [0.25, 0.3) is 0 Å². The average Bonchev–Trinajstić information content (AvgIpc) is 3.30. The lowest BCUT2D eigenvalue weighted by Gasteiger charge is -2.33. The number of rotatable bonds is 9. The van der Waals surface area contributed by atoms with Crippen LogP contribution in [0.15, 0.2) is 48.7 Å². The van der Waals surface area contributed by atoms with Gasteiger partial charge in [-0.3, -0.25) is 4.98 Å². The molecule has 4 aromatic rings. The molecule has 2 fully saturated rings. The Balaban J connectivity index is 1.10. The zero-order chi connectivity index (χ0) is 27.5. The van der Waals surface area contributed by atoms with Gasteiger partial charge in [0.05, 0.1) is 24.9 Å². The highest BCUT2D eigenvalue weighted by atomic mass is 16.5. The predicted octanol–water partition coefficient (Wildman–Crippen LogP) is 4.30. The van der Waals surface area contributed by atoms with Crippen LogP contribution in [0.2, 0.25) is 0 Å². The molecule has 0 bridgehead atoms. The van der Waals surface area contributed by atoms with Crippen LogP contribution in [-0.2, 0) is 24.3 Å². The summed E-state index contributed by atoms with van der Waals surface area (Å²) in [6.45, 7) is 10.5. The van der Waals surface area contributed by atoms with Crippen LogP contribution < -0.4 is 9.64 Å². The van der Waals surface area contributed by atoms with Crippen LogP contribution in [0, 0.1) is 12.5 Å². The van der Waals surface area contributed by atoms with Crippen LogP contribution in [0.5, 0.6) is 5.88 Å². The van der Waals surface area contributed by atoms with E-state index in [0.29, 0.717) is 29.7 Å². The van der Waals surface area contributed by atoms with Crippen LogP contribution in [0.25, 0.3) is 16.0 Å². The lowest BCUT2D eigenvalue weighted by Crippen LogP contribution is -2.35. The van der Waals surface area contributed by atoms with Crippen molar-refractivity contribution in [3.63, 3.8) is 0 Å². The van der Waals surface area contributed by atoms with Crippen molar-refractivity contribution in [2.45, 2.75) is 44.9 Å². The Morgan fingerprint density at radius 3 is 2.65 bits per heavy atom. The molecule has 0 amide bonds. The van der Waals surface area contributed by atoms with Gasteiger partial charge in [0.2, 0.25) is 11.6 Å². The van der Waals surface area contributed by atoms with Gasteiger partial charge < -0.3 is 24.0 Å². The number of aromatic carboxylic acids is 1. The summed E-state index contributed by atoms with van der Waals surface area (Å²) in [6.07, 6.45) is 5.41. The molecule has 0 saturated carbocycles. The van der Waals surface area contributed by atoms with E-state index in [2.05, 4.69) is 24.3 Å². The Morgan fingerprint density at radius 1 is 1.10 bits per heavy atom. The lowest BCUT2D eigenvalue weighted by molar-refractivity contribution is -0.0591. The summed E-state index contributed by atoms with van der Waals surface area (Å²) in [4.78, 5) is 35.4. The molecular weight excluding hydrogens is 510 g/mol. The van der Waals surface area contributed by atoms with E-state index in [-0.39, 0.29) is 18.4 Å². The molecule has 2 aliphatic heterocycles. The van der Waals surface area contributed by atoms with E-state index in [1.807, 2.05) is 18.2 Å². The molecule has 1 atom stereocenters. The highest BCUT2D eigenvalue weighted by molar-refractivity contribution is 5.88. The number of nitrogens with zero attached hydrogens (tertiary/aromatic N) is 7. The summed E-state index contributed by atoms with van der Waals surface area (Å²) in [5, 5.41) is 9.43. The molecule has 1 N–H and O–H groups in total. The number of anilines is 1. The largest absolute Gasteiger partial charge is 0.477 e. The molecule has 0 aromatic carbocycles. The minimum absolute atomic E-state index is 0.0241. The van der Waals surface area contributed by atoms with Crippen LogP contribution in [0.4, 0.5) is 11.5 Å². The van der Waals surface area contributed by atoms with Crippen molar-refractivity contribution in [1.29, 1.82) is 0 Å². The topological polar surface area (TPSA) is 120 Å². The molecule has 4 aromatic heterocycles. The number of carbonyl (C=O) groups is 1. The lowest BCUT2D eigenvalue weighted by atomic mass is 9.93. The molecule has 0 spiro atoms. The van der Waals surface area contributed by atoms with Gasteiger partial charge in [-0.05, 0) is 49.4 Å². The van der Waals surface area contributed by atoms with Crippen LogP contribution in [0.1, 0.15) is 41.3 Å². The standard InChI is InChI=1S/C29H29N7O4/c1-30-20-5-6-21(31-16-20)18-40-27-4-2-3-25(34-27)35-12-9-19(10-13-35)15-26-32-23-7-8-24(29(37)38)33-28(23)36(26)17-22-11-14-39-22/h2-8,16,19,22H,9-15,17-18H2,(H,37,38)/t22-/m0/s1. The summed E-state index contributed by atoms with van der Waals surface area (Å²) in [5.41, 5.74) is 2.60. The van der Waals surface area contributed by atoms with Crippen LogP contribution in [0.3, 0.4) is 0 Å². The highest BCUT2D eigenvalue weighted by Crippen LogP contribution is 2.28. The fraction of sp³-hybridized carbons (Fsp3) is 0.379. The number of ether oxygens (including phenoxy) is 2. The number of hydrogen-bond donors (Lipinski definition) is 1. The average molecular weight is 540 g/mol. The third-order valence-electron chi connectivity index (χ3n) is 7.49. The molecule has 0 radical (unpaired) electrons. The number of pyridine rings is 3. The number of carboxylic acids is 1. The molecule has 40 heavy (non-hydrogen) atoms. The second-order valence-electron chi connectivity index (χ2n) is 10.1. The van der Waals surface area contributed by atoms with Crippen molar-refractivity contribution >= 4 is 28.6 Å². The number of hydrogen-bond acceptors (Lipinski definition) is 8. The van der Waals surface area contributed by atoms with E-state index in [9.17, 15) is 9.90 Å². The first-order chi connectivity index (χ1) is 19.6.